The minimum absolute atomic E-state index is 0.168. The Bertz CT molecular complexity index is 1010. The molecule has 0 aromatic heterocycles. The monoisotopic (exact) mass is 380 g/mol. The van der Waals surface area contributed by atoms with Gasteiger partial charge in [-0.05, 0) is 52.9 Å². The first-order chi connectivity index (χ1) is 14.2. The van der Waals surface area contributed by atoms with Crippen molar-refractivity contribution in [2.75, 3.05) is 0 Å². The Morgan fingerprint density at radius 3 is 1.38 bits per heavy atom. The fourth-order valence-electron chi connectivity index (χ4n) is 3.90. The molecule has 4 rings (SSSR count). The summed E-state index contributed by atoms with van der Waals surface area (Å²) >= 11 is 0. The molecule has 0 aliphatic rings. The van der Waals surface area contributed by atoms with Crippen LogP contribution in [0.4, 0.5) is 0 Å². The van der Waals surface area contributed by atoms with E-state index in [2.05, 4.69) is 19.1 Å². The van der Waals surface area contributed by atoms with Gasteiger partial charge in [-0.15, -0.1) is 0 Å². The maximum Gasteiger partial charge on any atom is 0.123 e. The summed E-state index contributed by atoms with van der Waals surface area (Å²) in [6, 6.07) is 31.6. The number of hydrogen-bond acceptors (Lipinski definition) is 2. The summed E-state index contributed by atoms with van der Waals surface area (Å²) in [4.78, 5) is 0. The zero-order valence-electron chi connectivity index (χ0n) is 16.4. The van der Waals surface area contributed by atoms with Crippen molar-refractivity contribution in [3.05, 3.63) is 108 Å². The second-order valence-electron chi connectivity index (χ2n) is 7.25. The Hall–Kier alpha value is -3.52. The average Bonchev–Trinajstić information content (AvgIpc) is 2.77. The van der Waals surface area contributed by atoms with E-state index in [1.807, 2.05) is 72.8 Å². The molecule has 0 spiro atoms. The van der Waals surface area contributed by atoms with E-state index in [1.54, 1.807) is 12.1 Å². The van der Waals surface area contributed by atoms with E-state index in [0.29, 0.717) is 0 Å². The Morgan fingerprint density at radius 2 is 1.00 bits per heavy atom. The third kappa shape index (κ3) is 3.88. The summed E-state index contributed by atoms with van der Waals surface area (Å²) in [6.07, 6.45) is 0.915. The summed E-state index contributed by atoms with van der Waals surface area (Å²) in [5.74, 6) is 0.733. The topological polar surface area (TPSA) is 40.5 Å². The zero-order valence-corrected chi connectivity index (χ0v) is 16.4. The van der Waals surface area contributed by atoms with Crippen LogP contribution >= 0.6 is 0 Å². The summed E-state index contributed by atoms with van der Waals surface area (Å²) in [7, 11) is 0. The maximum atomic E-state index is 10.4. The predicted octanol–water partition coefficient (Wildman–Crippen LogP) is 6.97. The van der Waals surface area contributed by atoms with E-state index >= 15 is 0 Å². The van der Waals surface area contributed by atoms with Gasteiger partial charge in [-0.2, -0.15) is 0 Å². The first-order valence-corrected chi connectivity index (χ1v) is 9.94. The van der Waals surface area contributed by atoms with Crippen LogP contribution in [0.2, 0.25) is 0 Å². The van der Waals surface area contributed by atoms with Gasteiger partial charge >= 0.3 is 0 Å². The van der Waals surface area contributed by atoms with Gasteiger partial charge in [0.05, 0.1) is 0 Å². The molecule has 2 N–H and O–H groups in total. The van der Waals surface area contributed by atoms with Crippen LogP contribution in [-0.4, -0.2) is 10.2 Å². The van der Waals surface area contributed by atoms with Crippen molar-refractivity contribution in [2.45, 2.75) is 19.3 Å². The maximum absolute atomic E-state index is 10.4. The molecule has 0 heterocycles. The molecule has 2 heteroatoms. The number of hydrogen-bond donors (Lipinski definition) is 2. The molecule has 0 aliphatic heterocycles. The quantitative estimate of drug-likeness (QED) is 0.392. The Morgan fingerprint density at radius 1 is 0.586 bits per heavy atom. The first kappa shape index (κ1) is 18.8. The van der Waals surface area contributed by atoms with Gasteiger partial charge in [0, 0.05) is 17.0 Å². The summed E-state index contributed by atoms with van der Waals surface area (Å²) < 4.78 is 0. The van der Waals surface area contributed by atoms with Crippen molar-refractivity contribution in [3.63, 3.8) is 0 Å². The largest absolute Gasteiger partial charge is 0.507 e. The van der Waals surface area contributed by atoms with E-state index in [1.165, 1.54) is 0 Å². The molecule has 0 bridgehead atoms. The summed E-state index contributed by atoms with van der Waals surface area (Å²) in [6.45, 7) is 2.16. The van der Waals surface area contributed by atoms with Crippen molar-refractivity contribution in [1.82, 2.24) is 0 Å². The highest BCUT2D eigenvalue weighted by molar-refractivity contribution is 5.73. The van der Waals surface area contributed by atoms with Gasteiger partial charge in [-0.25, -0.2) is 0 Å². The van der Waals surface area contributed by atoms with Crippen molar-refractivity contribution >= 4 is 0 Å². The van der Waals surface area contributed by atoms with Crippen molar-refractivity contribution in [1.29, 1.82) is 0 Å². The van der Waals surface area contributed by atoms with Gasteiger partial charge in [0.1, 0.15) is 11.5 Å². The third-order valence-corrected chi connectivity index (χ3v) is 5.42. The number of aromatic hydroxyl groups is 2. The summed E-state index contributed by atoms with van der Waals surface area (Å²) in [5, 5.41) is 20.8. The molecule has 0 unspecified atom stereocenters. The van der Waals surface area contributed by atoms with Gasteiger partial charge in [-0.3, -0.25) is 0 Å². The molecular formula is C27H24O2. The second-order valence-corrected chi connectivity index (χ2v) is 7.25. The van der Waals surface area contributed by atoms with Gasteiger partial charge < -0.3 is 10.2 Å². The fourth-order valence-corrected chi connectivity index (χ4v) is 3.90. The minimum atomic E-state index is 0.168. The predicted molar refractivity (Wildman–Crippen MR) is 119 cm³/mol. The number of rotatable bonds is 5. The number of phenols is 2. The molecule has 29 heavy (non-hydrogen) atoms. The van der Waals surface area contributed by atoms with Gasteiger partial charge in [-0.1, -0.05) is 79.7 Å². The highest BCUT2D eigenvalue weighted by Crippen LogP contribution is 2.38. The molecule has 144 valence electrons. The lowest BCUT2D eigenvalue weighted by molar-refractivity contribution is 0.477. The van der Waals surface area contributed by atoms with Crippen molar-refractivity contribution < 1.29 is 10.2 Å². The van der Waals surface area contributed by atoms with Crippen LogP contribution in [0.3, 0.4) is 0 Å². The molecule has 0 aliphatic carbocycles. The lowest BCUT2D eigenvalue weighted by atomic mass is 9.86. The molecule has 0 fully saturated rings. The van der Waals surface area contributed by atoms with E-state index in [9.17, 15) is 10.2 Å². The molecule has 0 radical (unpaired) electrons. The molecule has 0 saturated heterocycles. The van der Waals surface area contributed by atoms with E-state index in [-0.39, 0.29) is 17.4 Å². The highest BCUT2D eigenvalue weighted by atomic mass is 16.3. The molecule has 2 nitrogen and oxygen atoms in total. The van der Waals surface area contributed by atoms with Crippen LogP contribution in [0.25, 0.3) is 22.3 Å². The van der Waals surface area contributed by atoms with Gasteiger partial charge in [0.2, 0.25) is 0 Å². The lowest BCUT2D eigenvalue weighted by Gasteiger charge is -2.19. The zero-order chi connectivity index (χ0) is 20.2. The van der Waals surface area contributed by atoms with E-state index in [0.717, 1.165) is 39.8 Å². The average molecular weight is 380 g/mol. The molecule has 0 atom stereocenters. The SMILES string of the molecule is CCC(c1ccc(O)c(-c2ccccc2)c1)c1ccc(O)c(-c2ccccc2)c1. The molecule has 0 amide bonds. The second kappa shape index (κ2) is 8.24. The Labute approximate surface area is 171 Å². The number of benzene rings is 4. The normalized spacial score (nSPS) is 11.0. The lowest BCUT2D eigenvalue weighted by Crippen LogP contribution is -2.01. The molecular weight excluding hydrogens is 356 g/mol. The van der Waals surface area contributed by atoms with E-state index in [4.69, 9.17) is 0 Å². The minimum Gasteiger partial charge on any atom is -0.507 e. The van der Waals surface area contributed by atoms with Crippen LogP contribution < -0.4 is 0 Å². The van der Waals surface area contributed by atoms with Crippen LogP contribution in [0, 0.1) is 0 Å². The smallest absolute Gasteiger partial charge is 0.123 e. The van der Waals surface area contributed by atoms with Crippen LogP contribution in [0.1, 0.15) is 30.4 Å². The molecule has 4 aromatic rings. The highest BCUT2D eigenvalue weighted by Gasteiger charge is 2.17. The van der Waals surface area contributed by atoms with Crippen molar-refractivity contribution in [2.24, 2.45) is 0 Å². The summed E-state index contributed by atoms with van der Waals surface area (Å²) in [5.41, 5.74) is 5.96. The van der Waals surface area contributed by atoms with Crippen LogP contribution in [-0.2, 0) is 0 Å². The van der Waals surface area contributed by atoms with E-state index < -0.39 is 0 Å². The van der Waals surface area contributed by atoms with Gasteiger partial charge in [0.15, 0.2) is 0 Å². The fraction of sp³-hybridized carbons (Fsp3) is 0.111. The van der Waals surface area contributed by atoms with Crippen LogP contribution in [0.15, 0.2) is 97.1 Å². The Kier molecular flexibility index (Phi) is 5.35. The third-order valence-electron chi connectivity index (χ3n) is 5.42. The Balaban J connectivity index is 1.77. The number of phenolic OH excluding ortho intramolecular Hbond substituents is 2. The molecule has 4 aromatic carbocycles. The van der Waals surface area contributed by atoms with Crippen molar-refractivity contribution in [3.8, 4) is 33.8 Å². The van der Waals surface area contributed by atoms with Gasteiger partial charge in [0.25, 0.3) is 0 Å². The van der Waals surface area contributed by atoms with Crippen LogP contribution in [0.5, 0.6) is 11.5 Å². The first-order valence-electron chi connectivity index (χ1n) is 9.94. The standard InChI is InChI=1S/C27H24O2/c1-2-23(21-13-15-26(28)24(17-21)19-9-5-3-6-10-19)22-14-16-27(29)25(18-22)20-11-7-4-8-12-20/h3-18,23,28-29H,2H2,1H3. The molecule has 0 saturated carbocycles.